The van der Waals surface area contributed by atoms with E-state index in [1.165, 1.54) is 5.56 Å². The molecule has 2 aliphatic heterocycles. The fourth-order valence-corrected chi connectivity index (χ4v) is 5.10. The Bertz CT molecular complexity index is 1170. The van der Waals surface area contributed by atoms with Crippen molar-refractivity contribution in [2.24, 2.45) is 5.92 Å². The predicted molar refractivity (Wildman–Crippen MR) is 116 cm³/mol. The topological polar surface area (TPSA) is 77.8 Å². The van der Waals surface area contributed by atoms with Crippen molar-refractivity contribution < 1.29 is 4.79 Å². The third-order valence-electron chi connectivity index (χ3n) is 6.71. The fraction of sp³-hybridized carbons (Fsp3) is 0.320. The smallest absolute Gasteiger partial charge is 0.140 e. The van der Waals surface area contributed by atoms with Crippen molar-refractivity contribution in [3.63, 3.8) is 0 Å². The molecule has 0 aliphatic carbocycles. The minimum absolute atomic E-state index is 0.0204. The minimum Gasteiger partial charge on any atom is -0.301 e. The van der Waals surface area contributed by atoms with Gasteiger partial charge in [0.2, 0.25) is 0 Å². The number of nitrogens with zero attached hydrogens (tertiary/aromatic N) is 2. The lowest BCUT2D eigenvalue weighted by molar-refractivity contribution is -0.127. The first-order valence-electron chi connectivity index (χ1n) is 10.5. The molecule has 4 atom stereocenters. The van der Waals surface area contributed by atoms with Gasteiger partial charge in [0, 0.05) is 42.4 Å². The number of hydrogen-bond donors (Lipinski definition) is 2. The molecule has 3 heterocycles. The molecule has 1 aromatic heterocycles. The average molecular weight is 396 g/mol. The molecule has 0 bridgehead atoms. The third-order valence-corrected chi connectivity index (χ3v) is 6.71. The van der Waals surface area contributed by atoms with Crippen LogP contribution in [-0.2, 0) is 4.79 Å². The lowest BCUT2D eigenvalue weighted by Gasteiger charge is -2.45. The Morgan fingerprint density at radius 1 is 1.13 bits per heavy atom. The van der Waals surface area contributed by atoms with E-state index in [1.54, 1.807) is 6.20 Å². The lowest BCUT2D eigenvalue weighted by Crippen LogP contribution is -2.59. The van der Waals surface area contributed by atoms with Gasteiger partial charge in [0.15, 0.2) is 0 Å². The van der Waals surface area contributed by atoms with E-state index in [0.29, 0.717) is 24.3 Å². The number of benzene rings is 2. The van der Waals surface area contributed by atoms with Crippen LogP contribution < -0.4 is 10.6 Å². The maximum absolute atomic E-state index is 12.7. The molecule has 5 rings (SSSR count). The molecule has 2 fully saturated rings. The van der Waals surface area contributed by atoms with Gasteiger partial charge in [-0.25, -0.2) is 0 Å². The van der Waals surface area contributed by atoms with Gasteiger partial charge in [-0.15, -0.1) is 0 Å². The Labute approximate surface area is 176 Å². The van der Waals surface area contributed by atoms with E-state index in [1.807, 2.05) is 25.1 Å². The maximum Gasteiger partial charge on any atom is 0.140 e. The molecule has 150 valence electrons. The van der Waals surface area contributed by atoms with Gasteiger partial charge in [-0.1, -0.05) is 24.3 Å². The highest BCUT2D eigenvalue weighted by molar-refractivity contribution is 5.83. The van der Waals surface area contributed by atoms with Crippen LogP contribution in [0.3, 0.4) is 0 Å². The zero-order chi connectivity index (χ0) is 20.7. The standard InChI is InChI=1S/C25H24N4O/c1-15-18(14-26)4-2-6-19(15)24-20(13-21-23(30)9-11-28-25(21)29-24)16-7-8-22-17(12-16)5-3-10-27-22/h2-8,10,12,20-21,24-25,28-29H,9,11,13H2,1H3. The molecule has 3 aromatic rings. The second kappa shape index (κ2) is 7.64. The van der Waals surface area contributed by atoms with Crippen LogP contribution in [0.2, 0.25) is 0 Å². The quantitative estimate of drug-likeness (QED) is 0.690. The van der Waals surface area contributed by atoms with Gasteiger partial charge < -0.3 is 5.32 Å². The van der Waals surface area contributed by atoms with E-state index in [9.17, 15) is 10.1 Å². The van der Waals surface area contributed by atoms with Crippen LogP contribution in [0.1, 0.15) is 47.1 Å². The third kappa shape index (κ3) is 3.19. The number of carbonyl (C=O) groups excluding carboxylic acids is 1. The number of pyridine rings is 1. The van der Waals surface area contributed by atoms with Gasteiger partial charge in [0.1, 0.15) is 5.78 Å². The van der Waals surface area contributed by atoms with Crippen LogP contribution in [-0.4, -0.2) is 23.5 Å². The lowest BCUT2D eigenvalue weighted by atomic mass is 9.72. The van der Waals surface area contributed by atoms with E-state index < -0.39 is 0 Å². The van der Waals surface area contributed by atoms with E-state index in [2.05, 4.69) is 52.0 Å². The first-order chi connectivity index (χ1) is 14.7. The SMILES string of the molecule is Cc1c(C#N)cccc1C1NC2NCCC(=O)C2CC1c1ccc2ncccc2c1. The van der Waals surface area contributed by atoms with Crippen molar-refractivity contribution in [2.75, 3.05) is 6.54 Å². The number of fused-ring (bicyclic) bond motifs is 2. The number of nitriles is 1. The Hall–Kier alpha value is -3.07. The van der Waals surface area contributed by atoms with Gasteiger partial charge in [-0.05, 0) is 54.3 Å². The van der Waals surface area contributed by atoms with Gasteiger partial charge in [-0.3, -0.25) is 15.1 Å². The van der Waals surface area contributed by atoms with E-state index in [4.69, 9.17) is 0 Å². The second-order valence-electron chi connectivity index (χ2n) is 8.33. The van der Waals surface area contributed by atoms with Crippen molar-refractivity contribution in [1.29, 1.82) is 5.26 Å². The van der Waals surface area contributed by atoms with Crippen molar-refractivity contribution in [3.05, 3.63) is 77.0 Å². The largest absolute Gasteiger partial charge is 0.301 e. The molecule has 2 saturated heterocycles. The summed E-state index contributed by atoms with van der Waals surface area (Å²) in [5.41, 5.74) is 5.00. The summed E-state index contributed by atoms with van der Waals surface area (Å²) in [6.07, 6.45) is 3.15. The average Bonchev–Trinajstić information content (AvgIpc) is 2.78. The van der Waals surface area contributed by atoms with Crippen LogP contribution in [0.25, 0.3) is 10.9 Å². The minimum atomic E-state index is -0.0379. The molecule has 0 radical (unpaired) electrons. The molecule has 0 amide bonds. The van der Waals surface area contributed by atoms with E-state index >= 15 is 0 Å². The number of hydrogen-bond acceptors (Lipinski definition) is 5. The predicted octanol–water partition coefficient (Wildman–Crippen LogP) is 3.74. The van der Waals surface area contributed by atoms with Gasteiger partial charge in [-0.2, -0.15) is 5.26 Å². The number of carbonyl (C=O) groups is 1. The monoisotopic (exact) mass is 396 g/mol. The highest BCUT2D eigenvalue weighted by Crippen LogP contribution is 2.43. The Morgan fingerprint density at radius 3 is 2.90 bits per heavy atom. The first kappa shape index (κ1) is 18.9. The Kier molecular flexibility index (Phi) is 4.82. The van der Waals surface area contributed by atoms with Crippen LogP contribution in [0.5, 0.6) is 0 Å². The maximum atomic E-state index is 12.7. The summed E-state index contributed by atoms with van der Waals surface area (Å²) in [5, 5.41) is 17.9. The fourth-order valence-electron chi connectivity index (χ4n) is 5.10. The van der Waals surface area contributed by atoms with Crippen molar-refractivity contribution >= 4 is 16.7 Å². The summed E-state index contributed by atoms with van der Waals surface area (Å²) < 4.78 is 0. The van der Waals surface area contributed by atoms with Crippen LogP contribution in [0.4, 0.5) is 0 Å². The second-order valence-corrected chi connectivity index (χ2v) is 8.33. The Morgan fingerprint density at radius 2 is 2.03 bits per heavy atom. The number of Topliss-reactive ketones (excluding diaryl/α,β-unsaturated/α-hetero) is 1. The van der Waals surface area contributed by atoms with Crippen LogP contribution in [0.15, 0.2) is 54.7 Å². The van der Waals surface area contributed by atoms with Gasteiger partial charge >= 0.3 is 0 Å². The summed E-state index contributed by atoms with van der Waals surface area (Å²) >= 11 is 0. The van der Waals surface area contributed by atoms with Gasteiger partial charge in [0.25, 0.3) is 0 Å². The molecular formula is C25H24N4O. The van der Waals surface area contributed by atoms with Crippen LogP contribution in [0, 0.1) is 24.2 Å². The Balaban J connectivity index is 1.62. The van der Waals surface area contributed by atoms with Crippen molar-refractivity contribution in [1.82, 2.24) is 15.6 Å². The summed E-state index contributed by atoms with van der Waals surface area (Å²) in [4.78, 5) is 17.1. The van der Waals surface area contributed by atoms with Gasteiger partial charge in [0.05, 0.1) is 23.3 Å². The molecule has 2 aliphatic rings. The summed E-state index contributed by atoms with van der Waals surface area (Å²) in [5.74, 6) is 0.427. The van der Waals surface area contributed by atoms with Crippen molar-refractivity contribution in [2.45, 2.75) is 37.9 Å². The molecule has 2 N–H and O–H groups in total. The molecule has 4 unspecified atom stereocenters. The van der Waals surface area contributed by atoms with E-state index in [-0.39, 0.29) is 24.0 Å². The van der Waals surface area contributed by atoms with Crippen molar-refractivity contribution in [3.8, 4) is 6.07 Å². The number of nitrogens with one attached hydrogen (secondary N) is 2. The number of ketones is 1. The number of piperidine rings is 2. The normalized spacial score (nSPS) is 26.2. The van der Waals surface area contributed by atoms with E-state index in [0.717, 1.165) is 28.5 Å². The molecule has 0 saturated carbocycles. The number of rotatable bonds is 2. The van der Waals surface area contributed by atoms with Crippen LogP contribution >= 0.6 is 0 Å². The molecule has 0 spiro atoms. The highest BCUT2D eigenvalue weighted by atomic mass is 16.1. The number of aromatic nitrogens is 1. The molecule has 5 nitrogen and oxygen atoms in total. The molecule has 30 heavy (non-hydrogen) atoms. The zero-order valence-electron chi connectivity index (χ0n) is 16.9. The molecule has 2 aromatic carbocycles. The summed E-state index contributed by atoms with van der Waals surface area (Å²) in [6, 6.07) is 18.7. The molecular weight excluding hydrogens is 372 g/mol. The summed E-state index contributed by atoms with van der Waals surface area (Å²) in [7, 11) is 0. The summed E-state index contributed by atoms with van der Waals surface area (Å²) in [6.45, 7) is 2.73. The highest BCUT2D eigenvalue weighted by Gasteiger charge is 2.43. The zero-order valence-corrected chi connectivity index (χ0v) is 16.9. The molecule has 5 heteroatoms. The first-order valence-corrected chi connectivity index (χ1v) is 10.5.